The monoisotopic (exact) mass is 397 g/mol. The number of aromatic nitrogens is 3. The highest BCUT2D eigenvalue weighted by Crippen LogP contribution is 2.24. The molecule has 2 heterocycles. The number of rotatable bonds is 6. The van der Waals surface area contributed by atoms with Crippen molar-refractivity contribution in [1.29, 1.82) is 0 Å². The van der Waals surface area contributed by atoms with Gasteiger partial charge in [-0.25, -0.2) is 4.98 Å². The lowest BCUT2D eigenvalue weighted by Gasteiger charge is -2.14. The van der Waals surface area contributed by atoms with E-state index in [-0.39, 0.29) is 0 Å². The molecule has 0 bridgehead atoms. The average molecular weight is 398 g/mol. The van der Waals surface area contributed by atoms with Crippen molar-refractivity contribution in [3.8, 4) is 11.3 Å². The molecule has 6 heteroatoms. The van der Waals surface area contributed by atoms with E-state index in [2.05, 4.69) is 55.4 Å². The van der Waals surface area contributed by atoms with E-state index in [0.717, 1.165) is 33.7 Å². The number of halogens is 1. The first-order chi connectivity index (χ1) is 12.1. The number of hydrogen-bond donors (Lipinski definition) is 2. The molecule has 1 aromatic carbocycles. The van der Waals surface area contributed by atoms with E-state index in [9.17, 15) is 0 Å². The van der Waals surface area contributed by atoms with E-state index in [4.69, 9.17) is 0 Å². The number of anilines is 3. The highest BCUT2D eigenvalue weighted by atomic mass is 79.9. The molecule has 0 aliphatic heterocycles. The van der Waals surface area contributed by atoms with E-state index in [1.807, 2.05) is 42.5 Å². The Morgan fingerprint density at radius 2 is 2.00 bits per heavy atom. The molecule has 0 unspecified atom stereocenters. The van der Waals surface area contributed by atoms with Crippen LogP contribution in [0.15, 0.2) is 59.3 Å². The van der Waals surface area contributed by atoms with Crippen molar-refractivity contribution < 1.29 is 0 Å². The summed E-state index contributed by atoms with van der Waals surface area (Å²) in [5.41, 5.74) is 2.74. The van der Waals surface area contributed by atoms with Crippen molar-refractivity contribution in [3.63, 3.8) is 0 Å². The van der Waals surface area contributed by atoms with Crippen molar-refractivity contribution in [3.05, 3.63) is 59.3 Å². The van der Waals surface area contributed by atoms with Crippen LogP contribution in [-0.4, -0.2) is 21.0 Å². The lowest BCUT2D eigenvalue weighted by Crippen LogP contribution is -2.16. The molecule has 0 saturated carbocycles. The largest absolute Gasteiger partial charge is 0.352 e. The fourth-order valence-corrected chi connectivity index (χ4v) is 2.67. The minimum absolute atomic E-state index is 0.294. The Balaban J connectivity index is 1.97. The highest BCUT2D eigenvalue weighted by Gasteiger charge is 2.09. The Morgan fingerprint density at radius 1 is 1.12 bits per heavy atom. The van der Waals surface area contributed by atoms with Gasteiger partial charge in [0.25, 0.3) is 0 Å². The van der Waals surface area contributed by atoms with Crippen LogP contribution in [0.5, 0.6) is 0 Å². The highest BCUT2D eigenvalue weighted by molar-refractivity contribution is 9.10. The third-order valence-electron chi connectivity index (χ3n) is 3.77. The molecule has 0 aliphatic rings. The molecule has 0 fully saturated rings. The van der Waals surface area contributed by atoms with Crippen LogP contribution in [0, 0.1) is 0 Å². The van der Waals surface area contributed by atoms with Gasteiger partial charge in [0.2, 0.25) is 5.95 Å². The first-order valence-electron chi connectivity index (χ1n) is 8.22. The fourth-order valence-electron chi connectivity index (χ4n) is 2.27. The zero-order valence-corrected chi connectivity index (χ0v) is 15.8. The SMILES string of the molecule is CC[C@H](C)Nc1nc(Nc2cccc(Br)c2)cc(-c2cccnc2)n1. The minimum Gasteiger partial charge on any atom is -0.352 e. The molecule has 2 N–H and O–H groups in total. The summed E-state index contributed by atoms with van der Waals surface area (Å²) in [5.74, 6) is 1.34. The molecule has 3 rings (SSSR count). The smallest absolute Gasteiger partial charge is 0.225 e. The Morgan fingerprint density at radius 3 is 2.72 bits per heavy atom. The zero-order valence-electron chi connectivity index (χ0n) is 14.2. The topological polar surface area (TPSA) is 62.7 Å². The number of nitrogens with one attached hydrogen (secondary N) is 2. The van der Waals surface area contributed by atoms with E-state index < -0.39 is 0 Å². The Kier molecular flexibility index (Phi) is 5.60. The van der Waals surface area contributed by atoms with E-state index in [1.165, 1.54) is 0 Å². The number of hydrogen-bond acceptors (Lipinski definition) is 5. The summed E-state index contributed by atoms with van der Waals surface area (Å²) < 4.78 is 1.01. The molecular formula is C19H20BrN5. The van der Waals surface area contributed by atoms with Crippen LogP contribution >= 0.6 is 15.9 Å². The Labute approximate surface area is 156 Å². The predicted molar refractivity (Wildman–Crippen MR) is 106 cm³/mol. The van der Waals surface area contributed by atoms with Gasteiger partial charge in [0, 0.05) is 40.2 Å². The van der Waals surface area contributed by atoms with E-state index in [0.29, 0.717) is 12.0 Å². The second-order valence-electron chi connectivity index (χ2n) is 5.79. The second kappa shape index (κ2) is 8.07. The summed E-state index contributed by atoms with van der Waals surface area (Å²) in [6.07, 6.45) is 4.55. The summed E-state index contributed by atoms with van der Waals surface area (Å²) in [6.45, 7) is 4.24. The number of benzene rings is 1. The maximum atomic E-state index is 4.64. The number of nitrogens with zero attached hydrogens (tertiary/aromatic N) is 3. The van der Waals surface area contributed by atoms with Crippen LogP contribution in [0.2, 0.25) is 0 Å². The maximum absolute atomic E-state index is 4.64. The maximum Gasteiger partial charge on any atom is 0.225 e. The van der Waals surface area contributed by atoms with Crippen LogP contribution in [0.25, 0.3) is 11.3 Å². The van der Waals surface area contributed by atoms with Gasteiger partial charge in [0.05, 0.1) is 5.69 Å². The molecule has 128 valence electrons. The van der Waals surface area contributed by atoms with Gasteiger partial charge in [-0.3, -0.25) is 4.98 Å². The zero-order chi connectivity index (χ0) is 17.6. The first-order valence-corrected chi connectivity index (χ1v) is 9.02. The van der Waals surface area contributed by atoms with Gasteiger partial charge in [0.1, 0.15) is 5.82 Å². The summed E-state index contributed by atoms with van der Waals surface area (Å²) in [6, 6.07) is 14.1. The predicted octanol–water partition coefficient (Wildman–Crippen LogP) is 5.26. The Bertz CT molecular complexity index is 838. The van der Waals surface area contributed by atoms with Crippen LogP contribution in [0.1, 0.15) is 20.3 Å². The quantitative estimate of drug-likeness (QED) is 0.594. The Hall–Kier alpha value is -2.47. The van der Waals surface area contributed by atoms with E-state index in [1.54, 1.807) is 12.4 Å². The summed E-state index contributed by atoms with van der Waals surface area (Å²) >= 11 is 3.49. The van der Waals surface area contributed by atoms with Crippen molar-refractivity contribution >= 4 is 33.4 Å². The normalized spacial score (nSPS) is 11.8. The summed E-state index contributed by atoms with van der Waals surface area (Å²) in [7, 11) is 0. The van der Waals surface area contributed by atoms with Crippen LogP contribution < -0.4 is 10.6 Å². The molecule has 2 aromatic heterocycles. The van der Waals surface area contributed by atoms with Crippen LogP contribution in [0.3, 0.4) is 0 Å². The van der Waals surface area contributed by atoms with Gasteiger partial charge in [0.15, 0.2) is 0 Å². The van der Waals surface area contributed by atoms with Crippen molar-refractivity contribution in [2.45, 2.75) is 26.3 Å². The summed E-state index contributed by atoms with van der Waals surface area (Å²) in [4.78, 5) is 13.4. The lowest BCUT2D eigenvalue weighted by atomic mass is 10.2. The van der Waals surface area contributed by atoms with Crippen molar-refractivity contribution in [2.24, 2.45) is 0 Å². The third-order valence-corrected chi connectivity index (χ3v) is 4.26. The van der Waals surface area contributed by atoms with Gasteiger partial charge < -0.3 is 10.6 Å². The average Bonchev–Trinajstić information content (AvgIpc) is 2.62. The molecule has 0 aliphatic carbocycles. The van der Waals surface area contributed by atoms with Gasteiger partial charge in [-0.05, 0) is 43.7 Å². The van der Waals surface area contributed by atoms with Crippen LogP contribution in [0.4, 0.5) is 17.5 Å². The molecule has 0 saturated heterocycles. The number of pyridine rings is 1. The standard InChI is InChI=1S/C19H20BrN5/c1-3-13(2)22-19-24-17(14-6-5-9-21-12-14)11-18(25-19)23-16-8-4-7-15(20)10-16/h4-13H,3H2,1-2H3,(H2,22,23,24,25)/t13-/m0/s1. The molecular weight excluding hydrogens is 378 g/mol. The molecule has 3 aromatic rings. The van der Waals surface area contributed by atoms with E-state index >= 15 is 0 Å². The van der Waals surface area contributed by atoms with Crippen LogP contribution in [-0.2, 0) is 0 Å². The summed E-state index contributed by atoms with van der Waals surface area (Å²) in [5, 5.41) is 6.69. The molecule has 0 spiro atoms. The van der Waals surface area contributed by atoms with Crippen molar-refractivity contribution in [2.75, 3.05) is 10.6 Å². The first kappa shape index (κ1) is 17.4. The fraction of sp³-hybridized carbons (Fsp3) is 0.211. The van der Waals surface area contributed by atoms with Gasteiger partial charge in [-0.2, -0.15) is 4.98 Å². The molecule has 0 amide bonds. The van der Waals surface area contributed by atoms with Gasteiger partial charge in [-0.15, -0.1) is 0 Å². The second-order valence-corrected chi connectivity index (χ2v) is 6.71. The van der Waals surface area contributed by atoms with Crippen molar-refractivity contribution in [1.82, 2.24) is 15.0 Å². The molecule has 0 radical (unpaired) electrons. The molecule has 5 nitrogen and oxygen atoms in total. The van der Waals surface area contributed by atoms with Gasteiger partial charge in [-0.1, -0.05) is 28.9 Å². The molecule has 25 heavy (non-hydrogen) atoms. The third kappa shape index (κ3) is 4.76. The van der Waals surface area contributed by atoms with Gasteiger partial charge >= 0.3 is 0 Å². The lowest BCUT2D eigenvalue weighted by molar-refractivity contribution is 0.753. The minimum atomic E-state index is 0.294. The molecule has 1 atom stereocenters.